The number of hydrogen-bond donors (Lipinski definition) is 2. The molecule has 0 aromatic heterocycles. The van der Waals surface area contributed by atoms with Gasteiger partial charge in [0.05, 0.1) is 13.7 Å². The van der Waals surface area contributed by atoms with Crippen molar-refractivity contribution >= 4 is 29.9 Å². The Bertz CT molecular complexity index is 536. The highest BCUT2D eigenvalue weighted by molar-refractivity contribution is 14.0. The summed E-state index contributed by atoms with van der Waals surface area (Å²) >= 11 is 0. The van der Waals surface area contributed by atoms with Gasteiger partial charge in [-0.25, -0.2) is 0 Å². The first-order valence-corrected chi connectivity index (χ1v) is 9.19. The number of likely N-dealkylation sites (tertiary alicyclic amines) is 1. The third-order valence-corrected chi connectivity index (χ3v) is 4.33. The summed E-state index contributed by atoms with van der Waals surface area (Å²) in [6, 6.07) is 7.66. The summed E-state index contributed by atoms with van der Waals surface area (Å²) in [6.45, 7) is 7.13. The number of guanidine groups is 1. The molecule has 1 aliphatic rings. The van der Waals surface area contributed by atoms with Crippen LogP contribution in [0.15, 0.2) is 29.3 Å². The van der Waals surface area contributed by atoms with Gasteiger partial charge in [0.25, 0.3) is 0 Å². The van der Waals surface area contributed by atoms with Crippen LogP contribution in [0.25, 0.3) is 0 Å². The molecular formula is C19H33IN4O2. The number of hydrogen-bond acceptors (Lipinski definition) is 4. The highest BCUT2D eigenvalue weighted by Gasteiger charge is 2.10. The maximum atomic E-state index is 5.92. The molecular weight excluding hydrogens is 443 g/mol. The highest BCUT2D eigenvalue weighted by Crippen LogP contribution is 2.19. The summed E-state index contributed by atoms with van der Waals surface area (Å²) in [5, 5.41) is 6.70. The minimum Gasteiger partial charge on any atom is -0.497 e. The van der Waals surface area contributed by atoms with Crippen molar-refractivity contribution in [3.8, 4) is 11.5 Å². The number of ether oxygens (including phenoxy) is 2. The fourth-order valence-corrected chi connectivity index (χ4v) is 2.92. The number of rotatable bonds is 8. The number of nitrogens with one attached hydrogen (secondary N) is 2. The molecule has 1 saturated heterocycles. The predicted octanol–water partition coefficient (Wildman–Crippen LogP) is 2.73. The molecule has 1 fully saturated rings. The lowest BCUT2D eigenvalue weighted by molar-refractivity contribution is 0.222. The Balaban J connectivity index is 0.00000338. The fourth-order valence-electron chi connectivity index (χ4n) is 2.92. The van der Waals surface area contributed by atoms with Crippen molar-refractivity contribution in [3.63, 3.8) is 0 Å². The smallest absolute Gasteiger partial charge is 0.191 e. The Morgan fingerprint density at radius 1 is 1.19 bits per heavy atom. The van der Waals surface area contributed by atoms with E-state index in [1.807, 2.05) is 31.2 Å². The van der Waals surface area contributed by atoms with E-state index in [4.69, 9.17) is 9.47 Å². The van der Waals surface area contributed by atoms with E-state index in [0.29, 0.717) is 6.54 Å². The lowest BCUT2D eigenvalue weighted by atomic mass is 10.1. The molecule has 0 radical (unpaired) electrons. The van der Waals surface area contributed by atoms with Crippen molar-refractivity contribution in [2.24, 2.45) is 4.99 Å². The van der Waals surface area contributed by atoms with Crippen molar-refractivity contribution in [2.45, 2.75) is 32.3 Å². The number of benzene rings is 1. The number of methoxy groups -OCH3 is 1. The Morgan fingerprint density at radius 3 is 2.62 bits per heavy atom. The van der Waals surface area contributed by atoms with E-state index < -0.39 is 0 Å². The van der Waals surface area contributed by atoms with Gasteiger partial charge in [0, 0.05) is 26.2 Å². The summed E-state index contributed by atoms with van der Waals surface area (Å²) < 4.78 is 11.1. The zero-order chi connectivity index (χ0) is 17.9. The summed E-state index contributed by atoms with van der Waals surface area (Å²) in [5.41, 5.74) is 0. The van der Waals surface area contributed by atoms with Gasteiger partial charge in [0.1, 0.15) is 17.6 Å². The first-order chi connectivity index (χ1) is 12.2. The van der Waals surface area contributed by atoms with Crippen LogP contribution in [0.5, 0.6) is 11.5 Å². The zero-order valence-corrected chi connectivity index (χ0v) is 18.5. The molecule has 1 heterocycles. The van der Waals surface area contributed by atoms with E-state index in [1.54, 1.807) is 14.2 Å². The van der Waals surface area contributed by atoms with Gasteiger partial charge in [-0.2, -0.15) is 0 Å². The SMILES string of the molecule is CN=C(NCCN1CCCCC1)NCC(C)Oc1cccc(OC)c1.I. The van der Waals surface area contributed by atoms with Gasteiger partial charge in [0.15, 0.2) is 5.96 Å². The monoisotopic (exact) mass is 476 g/mol. The van der Waals surface area contributed by atoms with Gasteiger partial charge in [-0.05, 0) is 45.0 Å². The number of aliphatic imine (C=N–C) groups is 1. The minimum atomic E-state index is 0. The van der Waals surface area contributed by atoms with E-state index in [2.05, 4.69) is 20.5 Å². The second kappa shape index (κ2) is 13.0. The van der Waals surface area contributed by atoms with Gasteiger partial charge in [-0.3, -0.25) is 4.99 Å². The van der Waals surface area contributed by atoms with Crippen LogP contribution in [0.2, 0.25) is 0 Å². The van der Waals surface area contributed by atoms with Gasteiger partial charge in [-0.15, -0.1) is 24.0 Å². The van der Waals surface area contributed by atoms with Crippen LogP contribution < -0.4 is 20.1 Å². The van der Waals surface area contributed by atoms with E-state index in [0.717, 1.165) is 30.5 Å². The highest BCUT2D eigenvalue weighted by atomic mass is 127. The third-order valence-electron chi connectivity index (χ3n) is 4.33. The summed E-state index contributed by atoms with van der Waals surface area (Å²) in [7, 11) is 3.45. The van der Waals surface area contributed by atoms with E-state index in [-0.39, 0.29) is 30.1 Å². The van der Waals surface area contributed by atoms with Crippen LogP contribution in [-0.2, 0) is 0 Å². The molecule has 0 bridgehead atoms. The minimum absolute atomic E-state index is 0. The maximum absolute atomic E-state index is 5.92. The molecule has 0 saturated carbocycles. The van der Waals surface area contributed by atoms with Gasteiger partial charge >= 0.3 is 0 Å². The van der Waals surface area contributed by atoms with Crippen LogP contribution in [0.3, 0.4) is 0 Å². The lowest BCUT2D eigenvalue weighted by Crippen LogP contribution is -2.45. The van der Waals surface area contributed by atoms with Crippen molar-refractivity contribution < 1.29 is 9.47 Å². The molecule has 1 aromatic carbocycles. The molecule has 148 valence electrons. The lowest BCUT2D eigenvalue weighted by Gasteiger charge is -2.26. The van der Waals surface area contributed by atoms with Crippen molar-refractivity contribution in [3.05, 3.63) is 24.3 Å². The topological polar surface area (TPSA) is 58.1 Å². The Kier molecular flexibility index (Phi) is 11.4. The first kappa shape index (κ1) is 22.8. The van der Waals surface area contributed by atoms with Gasteiger partial charge < -0.3 is 25.0 Å². The zero-order valence-electron chi connectivity index (χ0n) is 16.2. The van der Waals surface area contributed by atoms with E-state index in [1.165, 1.54) is 32.4 Å². The molecule has 7 heteroatoms. The summed E-state index contributed by atoms with van der Waals surface area (Å²) in [6.07, 6.45) is 4.05. The van der Waals surface area contributed by atoms with Crippen molar-refractivity contribution in [1.29, 1.82) is 0 Å². The van der Waals surface area contributed by atoms with Crippen LogP contribution in [-0.4, -0.2) is 63.8 Å². The third kappa shape index (κ3) is 8.44. The average molecular weight is 476 g/mol. The molecule has 0 spiro atoms. The van der Waals surface area contributed by atoms with Gasteiger partial charge in [-0.1, -0.05) is 12.5 Å². The Hall–Kier alpha value is -1.22. The Morgan fingerprint density at radius 2 is 1.92 bits per heavy atom. The molecule has 0 amide bonds. The van der Waals surface area contributed by atoms with Crippen LogP contribution in [0.1, 0.15) is 26.2 Å². The molecule has 1 aromatic rings. The fraction of sp³-hybridized carbons (Fsp3) is 0.632. The normalized spacial score (nSPS) is 16.3. The molecule has 2 rings (SSSR count). The predicted molar refractivity (Wildman–Crippen MR) is 118 cm³/mol. The largest absolute Gasteiger partial charge is 0.497 e. The molecule has 1 unspecified atom stereocenters. The molecule has 1 aliphatic heterocycles. The van der Waals surface area contributed by atoms with E-state index >= 15 is 0 Å². The van der Waals surface area contributed by atoms with Gasteiger partial charge in [0.2, 0.25) is 0 Å². The first-order valence-electron chi connectivity index (χ1n) is 9.19. The quantitative estimate of drug-likeness (QED) is 0.344. The molecule has 2 N–H and O–H groups in total. The summed E-state index contributed by atoms with van der Waals surface area (Å²) in [5.74, 6) is 2.42. The second-order valence-electron chi connectivity index (χ2n) is 6.39. The molecule has 1 atom stereocenters. The van der Waals surface area contributed by atoms with Crippen molar-refractivity contribution in [1.82, 2.24) is 15.5 Å². The standard InChI is InChI=1S/C19H32N4O2.HI/c1-16(25-18-9-7-8-17(14-18)24-3)15-22-19(20-2)21-10-13-23-11-5-4-6-12-23;/h7-9,14,16H,4-6,10-13,15H2,1-3H3,(H2,20,21,22);1H. The Labute approximate surface area is 174 Å². The van der Waals surface area contributed by atoms with E-state index in [9.17, 15) is 0 Å². The second-order valence-corrected chi connectivity index (χ2v) is 6.39. The number of piperidine rings is 1. The number of nitrogens with zero attached hydrogens (tertiary/aromatic N) is 2. The van der Waals surface area contributed by atoms with Crippen LogP contribution >= 0.6 is 24.0 Å². The molecule has 0 aliphatic carbocycles. The average Bonchev–Trinajstić information content (AvgIpc) is 2.65. The van der Waals surface area contributed by atoms with Crippen LogP contribution in [0.4, 0.5) is 0 Å². The van der Waals surface area contributed by atoms with Crippen LogP contribution in [0, 0.1) is 0 Å². The number of halogens is 1. The molecule has 6 nitrogen and oxygen atoms in total. The maximum Gasteiger partial charge on any atom is 0.191 e. The molecule has 26 heavy (non-hydrogen) atoms. The summed E-state index contributed by atoms with van der Waals surface area (Å²) in [4.78, 5) is 6.79. The van der Waals surface area contributed by atoms with Crippen molar-refractivity contribution in [2.75, 3.05) is 46.9 Å².